The third-order valence-corrected chi connectivity index (χ3v) is 3.71. The number of benzene rings is 1. The molecule has 0 aliphatic carbocycles. The number of aromatic nitrogens is 1. The van der Waals surface area contributed by atoms with Gasteiger partial charge in [0.25, 0.3) is 0 Å². The second-order valence-electron chi connectivity index (χ2n) is 4.95. The molecule has 0 spiro atoms. The molecule has 2 aromatic rings. The van der Waals surface area contributed by atoms with Gasteiger partial charge in [0.15, 0.2) is 0 Å². The summed E-state index contributed by atoms with van der Waals surface area (Å²) in [6.07, 6.45) is 1.73. The van der Waals surface area contributed by atoms with Gasteiger partial charge in [0.05, 0.1) is 22.9 Å². The van der Waals surface area contributed by atoms with Crippen molar-refractivity contribution in [2.24, 2.45) is 0 Å². The molecular formula is C15H16Cl2FN3. The first-order valence-electron chi connectivity index (χ1n) is 6.43. The molecule has 0 bridgehead atoms. The Hall–Kier alpha value is -1.52. The van der Waals surface area contributed by atoms with E-state index in [4.69, 9.17) is 23.2 Å². The molecular weight excluding hydrogens is 312 g/mol. The normalized spacial score (nSPS) is 12.1. The molecule has 1 aromatic heterocycles. The SMILES string of the molecule is CC(Nc1ccc(N(C)C)nc1)c1cc(F)c(Cl)cc1Cl. The van der Waals surface area contributed by atoms with Gasteiger partial charge in [-0.05, 0) is 36.8 Å². The van der Waals surface area contributed by atoms with Gasteiger partial charge in [-0.3, -0.25) is 0 Å². The highest BCUT2D eigenvalue weighted by Crippen LogP contribution is 2.30. The Balaban J connectivity index is 2.17. The monoisotopic (exact) mass is 327 g/mol. The number of hydrogen-bond acceptors (Lipinski definition) is 3. The van der Waals surface area contributed by atoms with Gasteiger partial charge in [-0.25, -0.2) is 9.37 Å². The summed E-state index contributed by atoms with van der Waals surface area (Å²) in [6.45, 7) is 1.90. The number of halogens is 3. The Labute approximate surface area is 133 Å². The maximum absolute atomic E-state index is 13.6. The van der Waals surface area contributed by atoms with Crippen LogP contribution in [0.15, 0.2) is 30.5 Å². The summed E-state index contributed by atoms with van der Waals surface area (Å²) in [7, 11) is 3.85. The van der Waals surface area contributed by atoms with Crippen LogP contribution >= 0.6 is 23.2 Å². The molecule has 0 amide bonds. The van der Waals surface area contributed by atoms with Crippen LogP contribution in [-0.2, 0) is 0 Å². The van der Waals surface area contributed by atoms with E-state index in [0.717, 1.165) is 11.5 Å². The number of rotatable bonds is 4. The molecule has 1 aromatic carbocycles. The predicted octanol–water partition coefficient (Wildman–Crippen LogP) is 4.77. The molecule has 0 saturated heterocycles. The van der Waals surface area contributed by atoms with E-state index >= 15 is 0 Å². The van der Waals surface area contributed by atoms with E-state index in [2.05, 4.69) is 10.3 Å². The van der Waals surface area contributed by atoms with Crippen LogP contribution in [0.3, 0.4) is 0 Å². The Morgan fingerprint density at radius 3 is 2.48 bits per heavy atom. The van der Waals surface area contributed by atoms with Crippen LogP contribution in [-0.4, -0.2) is 19.1 Å². The van der Waals surface area contributed by atoms with Crippen LogP contribution in [0, 0.1) is 5.82 Å². The average molecular weight is 328 g/mol. The number of nitrogens with zero attached hydrogens (tertiary/aromatic N) is 2. The first kappa shape index (κ1) is 15.9. The Morgan fingerprint density at radius 1 is 1.19 bits per heavy atom. The molecule has 3 nitrogen and oxygen atoms in total. The van der Waals surface area contributed by atoms with Crippen LogP contribution in [0.1, 0.15) is 18.5 Å². The lowest BCUT2D eigenvalue weighted by molar-refractivity contribution is 0.624. The molecule has 0 fully saturated rings. The molecule has 2 rings (SSSR count). The Morgan fingerprint density at radius 2 is 1.90 bits per heavy atom. The van der Waals surface area contributed by atoms with Gasteiger partial charge in [-0.1, -0.05) is 23.2 Å². The third-order valence-electron chi connectivity index (χ3n) is 3.10. The summed E-state index contributed by atoms with van der Waals surface area (Å²) >= 11 is 11.8. The van der Waals surface area contributed by atoms with Crippen molar-refractivity contribution in [2.45, 2.75) is 13.0 Å². The van der Waals surface area contributed by atoms with Crippen molar-refractivity contribution in [1.29, 1.82) is 0 Å². The van der Waals surface area contributed by atoms with Crippen molar-refractivity contribution in [1.82, 2.24) is 4.98 Å². The summed E-state index contributed by atoms with van der Waals surface area (Å²) in [5, 5.41) is 3.69. The number of anilines is 2. The molecule has 112 valence electrons. The average Bonchev–Trinajstić information content (AvgIpc) is 2.43. The lowest BCUT2D eigenvalue weighted by Gasteiger charge is -2.18. The van der Waals surface area contributed by atoms with Crippen molar-refractivity contribution in [3.8, 4) is 0 Å². The summed E-state index contributed by atoms with van der Waals surface area (Å²) in [5.74, 6) is 0.384. The fourth-order valence-corrected chi connectivity index (χ4v) is 2.48. The zero-order valence-corrected chi connectivity index (χ0v) is 13.5. The van der Waals surface area contributed by atoms with Crippen LogP contribution in [0.2, 0.25) is 10.0 Å². The van der Waals surface area contributed by atoms with Crippen LogP contribution < -0.4 is 10.2 Å². The number of nitrogens with one attached hydrogen (secondary N) is 1. The highest BCUT2D eigenvalue weighted by molar-refractivity contribution is 6.35. The molecule has 1 N–H and O–H groups in total. The van der Waals surface area contributed by atoms with Gasteiger partial charge >= 0.3 is 0 Å². The molecule has 0 aliphatic heterocycles. The maximum Gasteiger partial charge on any atom is 0.142 e. The lowest BCUT2D eigenvalue weighted by Crippen LogP contribution is -2.11. The second-order valence-corrected chi connectivity index (χ2v) is 5.77. The van der Waals surface area contributed by atoms with E-state index in [-0.39, 0.29) is 11.1 Å². The van der Waals surface area contributed by atoms with E-state index in [1.54, 1.807) is 6.20 Å². The highest BCUT2D eigenvalue weighted by Gasteiger charge is 2.13. The van der Waals surface area contributed by atoms with Crippen molar-refractivity contribution >= 4 is 34.7 Å². The molecule has 1 atom stereocenters. The number of pyridine rings is 1. The highest BCUT2D eigenvalue weighted by atomic mass is 35.5. The standard InChI is InChI=1S/C15H16Cl2FN3/c1-9(11-6-14(18)13(17)7-12(11)16)20-10-4-5-15(19-8-10)21(2)3/h4-9,20H,1-3H3. The van der Waals surface area contributed by atoms with Crippen molar-refractivity contribution in [2.75, 3.05) is 24.3 Å². The second kappa shape index (κ2) is 6.50. The number of hydrogen-bond donors (Lipinski definition) is 1. The first-order chi connectivity index (χ1) is 9.88. The first-order valence-corrected chi connectivity index (χ1v) is 7.18. The molecule has 0 radical (unpaired) electrons. The van der Waals surface area contributed by atoms with E-state index in [1.165, 1.54) is 12.1 Å². The van der Waals surface area contributed by atoms with Crippen molar-refractivity contribution in [3.05, 3.63) is 51.9 Å². The fourth-order valence-electron chi connectivity index (χ4n) is 1.93. The minimum Gasteiger partial charge on any atom is -0.377 e. The molecule has 1 unspecified atom stereocenters. The summed E-state index contributed by atoms with van der Waals surface area (Å²) < 4.78 is 13.6. The molecule has 0 saturated carbocycles. The van der Waals surface area contributed by atoms with Crippen LogP contribution in [0.25, 0.3) is 0 Å². The minimum absolute atomic E-state index is 0.0213. The molecule has 1 heterocycles. The largest absolute Gasteiger partial charge is 0.377 e. The zero-order valence-electron chi connectivity index (χ0n) is 12.0. The van der Waals surface area contributed by atoms with E-state index in [1.807, 2.05) is 38.1 Å². The Kier molecular flexibility index (Phi) is 4.91. The van der Waals surface area contributed by atoms with Gasteiger partial charge < -0.3 is 10.2 Å². The van der Waals surface area contributed by atoms with Gasteiger partial charge in [0.2, 0.25) is 0 Å². The summed E-state index contributed by atoms with van der Waals surface area (Å²) in [4.78, 5) is 6.23. The van der Waals surface area contributed by atoms with E-state index in [0.29, 0.717) is 10.6 Å². The van der Waals surface area contributed by atoms with Gasteiger partial charge in [0, 0.05) is 19.1 Å². The quantitative estimate of drug-likeness (QED) is 0.820. The summed E-state index contributed by atoms with van der Waals surface area (Å²) in [5.41, 5.74) is 1.48. The maximum atomic E-state index is 13.6. The predicted molar refractivity (Wildman–Crippen MR) is 87.0 cm³/mol. The fraction of sp³-hybridized carbons (Fsp3) is 0.267. The van der Waals surface area contributed by atoms with Crippen molar-refractivity contribution < 1.29 is 4.39 Å². The zero-order chi connectivity index (χ0) is 15.6. The van der Waals surface area contributed by atoms with Crippen LogP contribution in [0.5, 0.6) is 0 Å². The van der Waals surface area contributed by atoms with Gasteiger partial charge in [0.1, 0.15) is 11.6 Å². The third kappa shape index (κ3) is 3.77. The topological polar surface area (TPSA) is 28.2 Å². The van der Waals surface area contributed by atoms with E-state index < -0.39 is 5.82 Å². The van der Waals surface area contributed by atoms with Crippen LogP contribution in [0.4, 0.5) is 15.9 Å². The molecule has 6 heteroatoms. The van der Waals surface area contributed by atoms with E-state index in [9.17, 15) is 4.39 Å². The smallest absolute Gasteiger partial charge is 0.142 e. The molecule has 21 heavy (non-hydrogen) atoms. The van der Waals surface area contributed by atoms with Gasteiger partial charge in [-0.15, -0.1) is 0 Å². The van der Waals surface area contributed by atoms with Gasteiger partial charge in [-0.2, -0.15) is 0 Å². The molecule has 0 aliphatic rings. The summed E-state index contributed by atoms with van der Waals surface area (Å²) in [6, 6.07) is 6.41. The minimum atomic E-state index is -0.481. The Bertz CT molecular complexity index is 630. The lowest BCUT2D eigenvalue weighted by atomic mass is 10.1. The van der Waals surface area contributed by atoms with Crippen molar-refractivity contribution in [3.63, 3.8) is 0 Å².